The fraction of sp³-hybridized carbons (Fsp3) is 0.765. The highest BCUT2D eigenvalue weighted by atomic mass is 16.5. The molecule has 0 spiro atoms. The predicted molar refractivity (Wildman–Crippen MR) is 85.2 cm³/mol. The van der Waals surface area contributed by atoms with E-state index in [1.54, 1.807) is 0 Å². The first-order chi connectivity index (χ1) is 10.1. The van der Waals surface area contributed by atoms with Gasteiger partial charge in [0.25, 0.3) is 0 Å². The summed E-state index contributed by atoms with van der Waals surface area (Å²) in [5.41, 5.74) is 1.01. The van der Waals surface area contributed by atoms with Crippen molar-refractivity contribution in [3.63, 3.8) is 0 Å². The molecule has 0 fully saturated rings. The van der Waals surface area contributed by atoms with E-state index in [4.69, 9.17) is 4.74 Å². The Bertz CT molecular complexity index is 426. The lowest BCUT2D eigenvalue weighted by atomic mass is 10.0. The van der Waals surface area contributed by atoms with Crippen LogP contribution >= 0.6 is 0 Å². The molecule has 0 saturated carbocycles. The third-order valence-corrected chi connectivity index (χ3v) is 3.88. The molecule has 1 heterocycles. The number of esters is 1. The van der Waals surface area contributed by atoms with Crippen molar-refractivity contribution in [1.29, 1.82) is 0 Å². The fourth-order valence-electron chi connectivity index (χ4n) is 2.47. The number of rotatable bonds is 10. The van der Waals surface area contributed by atoms with Gasteiger partial charge in [0.2, 0.25) is 0 Å². The van der Waals surface area contributed by atoms with Gasteiger partial charge in [-0.05, 0) is 19.3 Å². The molecule has 1 rings (SSSR count). The molecule has 1 atom stereocenters. The van der Waals surface area contributed by atoms with Crippen LogP contribution in [0, 0.1) is 12.8 Å². The van der Waals surface area contributed by atoms with E-state index in [0.29, 0.717) is 25.5 Å². The van der Waals surface area contributed by atoms with Crippen molar-refractivity contribution in [2.24, 2.45) is 5.92 Å². The smallest absolute Gasteiger partial charge is 0.307 e. The molecule has 1 unspecified atom stereocenters. The molecule has 0 amide bonds. The Morgan fingerprint density at radius 1 is 1.38 bits per heavy atom. The highest BCUT2D eigenvalue weighted by molar-refractivity contribution is 5.69. The van der Waals surface area contributed by atoms with E-state index in [0.717, 1.165) is 30.8 Å². The van der Waals surface area contributed by atoms with Crippen LogP contribution in [0.4, 0.5) is 0 Å². The summed E-state index contributed by atoms with van der Waals surface area (Å²) in [6.07, 6.45) is 7.95. The van der Waals surface area contributed by atoms with Crippen molar-refractivity contribution in [2.45, 2.75) is 72.8 Å². The highest BCUT2D eigenvalue weighted by Gasteiger charge is 2.11. The Morgan fingerprint density at radius 3 is 2.76 bits per heavy atom. The molecule has 0 saturated heterocycles. The molecule has 120 valence electrons. The minimum atomic E-state index is -0.0987. The van der Waals surface area contributed by atoms with E-state index in [1.165, 1.54) is 12.8 Å². The van der Waals surface area contributed by atoms with Gasteiger partial charge in [0, 0.05) is 19.2 Å². The van der Waals surface area contributed by atoms with Crippen LogP contribution in [0.15, 0.2) is 6.20 Å². The van der Waals surface area contributed by atoms with Crippen molar-refractivity contribution < 1.29 is 9.53 Å². The standard InChI is InChI=1S/C17H30N2O2/c1-5-8-9-15(6-2)13-21-17(20)10-11-19-12-14(4)18-16(19)7-3/h12,15H,5-11,13H2,1-4H3. The minimum absolute atomic E-state index is 0.0987. The summed E-state index contributed by atoms with van der Waals surface area (Å²) < 4.78 is 7.48. The summed E-state index contributed by atoms with van der Waals surface area (Å²) >= 11 is 0. The van der Waals surface area contributed by atoms with Gasteiger partial charge >= 0.3 is 5.97 Å². The molecule has 4 nitrogen and oxygen atoms in total. The van der Waals surface area contributed by atoms with Crippen LogP contribution in [-0.2, 0) is 22.5 Å². The lowest BCUT2D eigenvalue weighted by molar-refractivity contribution is -0.145. The van der Waals surface area contributed by atoms with Crippen LogP contribution in [0.2, 0.25) is 0 Å². The number of ether oxygens (including phenoxy) is 1. The third-order valence-electron chi connectivity index (χ3n) is 3.88. The summed E-state index contributed by atoms with van der Waals surface area (Å²) in [5, 5.41) is 0. The maximum atomic E-state index is 11.9. The first kappa shape index (κ1) is 17.7. The second kappa shape index (κ2) is 9.59. The van der Waals surface area contributed by atoms with E-state index in [-0.39, 0.29) is 5.97 Å². The molecular weight excluding hydrogens is 264 g/mol. The van der Waals surface area contributed by atoms with E-state index in [1.807, 2.05) is 13.1 Å². The van der Waals surface area contributed by atoms with E-state index in [9.17, 15) is 4.79 Å². The Kier molecular flexibility index (Phi) is 8.09. The number of nitrogens with zero attached hydrogens (tertiary/aromatic N) is 2. The number of carbonyl (C=O) groups is 1. The van der Waals surface area contributed by atoms with Crippen molar-refractivity contribution in [1.82, 2.24) is 9.55 Å². The molecule has 21 heavy (non-hydrogen) atoms. The van der Waals surface area contributed by atoms with Gasteiger partial charge in [-0.25, -0.2) is 4.98 Å². The Labute approximate surface area is 128 Å². The van der Waals surface area contributed by atoms with Crippen molar-refractivity contribution in [3.05, 3.63) is 17.7 Å². The molecule has 1 aromatic heterocycles. The molecule has 4 heteroatoms. The van der Waals surface area contributed by atoms with Gasteiger partial charge in [-0.1, -0.05) is 40.0 Å². The molecular formula is C17H30N2O2. The lowest BCUT2D eigenvalue weighted by Gasteiger charge is -2.14. The van der Waals surface area contributed by atoms with Gasteiger partial charge < -0.3 is 9.30 Å². The van der Waals surface area contributed by atoms with Crippen LogP contribution in [0.3, 0.4) is 0 Å². The van der Waals surface area contributed by atoms with Gasteiger partial charge in [-0.15, -0.1) is 0 Å². The predicted octanol–water partition coefficient (Wildman–Crippen LogP) is 3.90. The Balaban J connectivity index is 2.33. The van der Waals surface area contributed by atoms with Crippen molar-refractivity contribution in [3.8, 4) is 0 Å². The van der Waals surface area contributed by atoms with E-state index >= 15 is 0 Å². The number of hydrogen-bond donors (Lipinski definition) is 0. The maximum absolute atomic E-state index is 11.9. The molecule has 0 radical (unpaired) electrons. The molecule has 0 N–H and O–H groups in total. The average Bonchev–Trinajstić information content (AvgIpc) is 2.85. The van der Waals surface area contributed by atoms with Crippen LogP contribution in [0.25, 0.3) is 0 Å². The topological polar surface area (TPSA) is 44.1 Å². The largest absolute Gasteiger partial charge is 0.465 e. The van der Waals surface area contributed by atoms with Gasteiger partial charge in [-0.3, -0.25) is 4.79 Å². The second-order valence-electron chi connectivity index (χ2n) is 5.69. The molecule has 0 aliphatic heterocycles. The number of imidazole rings is 1. The monoisotopic (exact) mass is 294 g/mol. The first-order valence-electron chi connectivity index (χ1n) is 8.28. The van der Waals surface area contributed by atoms with Gasteiger partial charge in [0.1, 0.15) is 5.82 Å². The minimum Gasteiger partial charge on any atom is -0.465 e. The Morgan fingerprint density at radius 2 is 2.14 bits per heavy atom. The van der Waals surface area contributed by atoms with E-state index in [2.05, 4.69) is 30.3 Å². The summed E-state index contributed by atoms with van der Waals surface area (Å²) in [5.74, 6) is 1.45. The molecule has 0 aromatic carbocycles. The molecule has 0 aliphatic rings. The van der Waals surface area contributed by atoms with Gasteiger partial charge in [-0.2, -0.15) is 0 Å². The maximum Gasteiger partial charge on any atom is 0.307 e. The number of aromatic nitrogens is 2. The van der Waals surface area contributed by atoms with Crippen LogP contribution < -0.4 is 0 Å². The Hall–Kier alpha value is -1.32. The van der Waals surface area contributed by atoms with Crippen LogP contribution in [-0.4, -0.2) is 22.1 Å². The SMILES string of the molecule is CCCCC(CC)COC(=O)CCn1cc(C)nc1CC. The fourth-order valence-corrected chi connectivity index (χ4v) is 2.47. The van der Waals surface area contributed by atoms with Crippen LogP contribution in [0.1, 0.15) is 64.4 Å². The summed E-state index contributed by atoms with van der Waals surface area (Å²) in [7, 11) is 0. The van der Waals surface area contributed by atoms with Crippen LogP contribution in [0.5, 0.6) is 0 Å². The summed E-state index contributed by atoms with van der Waals surface area (Å²) in [6.45, 7) is 9.64. The zero-order valence-corrected chi connectivity index (χ0v) is 14.0. The lowest BCUT2D eigenvalue weighted by Crippen LogP contribution is -2.15. The van der Waals surface area contributed by atoms with Gasteiger partial charge in [0.05, 0.1) is 18.7 Å². The normalized spacial score (nSPS) is 12.4. The van der Waals surface area contributed by atoms with Gasteiger partial charge in [0.15, 0.2) is 0 Å². The zero-order chi connectivity index (χ0) is 15.7. The number of aryl methyl sites for hydroxylation is 3. The van der Waals surface area contributed by atoms with Crippen molar-refractivity contribution >= 4 is 5.97 Å². The average molecular weight is 294 g/mol. The highest BCUT2D eigenvalue weighted by Crippen LogP contribution is 2.13. The number of carbonyl (C=O) groups excluding carboxylic acids is 1. The number of hydrogen-bond acceptors (Lipinski definition) is 3. The quantitative estimate of drug-likeness (QED) is 0.615. The summed E-state index contributed by atoms with van der Waals surface area (Å²) in [4.78, 5) is 16.3. The first-order valence-corrected chi connectivity index (χ1v) is 8.28. The molecule has 0 aliphatic carbocycles. The third kappa shape index (κ3) is 6.32. The number of unbranched alkanes of at least 4 members (excludes halogenated alkanes) is 1. The molecule has 0 bridgehead atoms. The summed E-state index contributed by atoms with van der Waals surface area (Å²) in [6, 6.07) is 0. The molecule has 1 aromatic rings. The van der Waals surface area contributed by atoms with Crippen molar-refractivity contribution in [2.75, 3.05) is 6.61 Å². The zero-order valence-electron chi connectivity index (χ0n) is 14.0. The van der Waals surface area contributed by atoms with E-state index < -0.39 is 0 Å². The second-order valence-corrected chi connectivity index (χ2v) is 5.69.